The molecule has 1 aromatic carbocycles. The number of hydrogen-bond donors (Lipinski definition) is 2. The van der Waals surface area contributed by atoms with E-state index >= 15 is 0 Å². The van der Waals surface area contributed by atoms with Gasteiger partial charge in [-0.25, -0.2) is 0 Å². The molecule has 0 spiro atoms. The van der Waals surface area contributed by atoms with Crippen molar-refractivity contribution in [2.75, 3.05) is 7.11 Å². The third-order valence-corrected chi connectivity index (χ3v) is 2.10. The third-order valence-electron chi connectivity index (χ3n) is 2.10. The van der Waals surface area contributed by atoms with E-state index in [2.05, 4.69) is 0 Å². The van der Waals surface area contributed by atoms with Crippen molar-refractivity contribution >= 4 is 0 Å². The maximum Gasteiger partial charge on any atom is 0.119 e. The average Bonchev–Trinajstić information content (AvgIpc) is 2.16. The zero-order chi connectivity index (χ0) is 9.84. The Hall–Kier alpha value is -1.06. The molecule has 72 valence electrons. The molecule has 0 aliphatic heterocycles. The highest BCUT2D eigenvalue weighted by Crippen LogP contribution is 2.22. The van der Waals surface area contributed by atoms with Crippen LogP contribution in [0.5, 0.6) is 5.75 Å². The lowest BCUT2D eigenvalue weighted by molar-refractivity contribution is 0.258. The van der Waals surface area contributed by atoms with E-state index in [9.17, 15) is 0 Å². The second kappa shape index (κ2) is 4.25. The van der Waals surface area contributed by atoms with Gasteiger partial charge in [0, 0.05) is 0 Å². The van der Waals surface area contributed by atoms with Crippen molar-refractivity contribution in [2.45, 2.75) is 20.1 Å². The number of methoxy groups -OCH3 is 1. The van der Waals surface area contributed by atoms with E-state index in [0.717, 1.165) is 16.7 Å². The summed E-state index contributed by atoms with van der Waals surface area (Å²) in [7, 11) is 1.58. The highest BCUT2D eigenvalue weighted by atomic mass is 16.5. The minimum absolute atomic E-state index is 0.0499. The van der Waals surface area contributed by atoms with Crippen LogP contribution in [0, 0.1) is 6.92 Å². The molecular formula is C10H14O3. The Bertz CT molecular complexity index is 294. The quantitative estimate of drug-likeness (QED) is 0.732. The van der Waals surface area contributed by atoms with Crippen LogP contribution >= 0.6 is 0 Å². The molecule has 1 rings (SSSR count). The highest BCUT2D eigenvalue weighted by molar-refractivity contribution is 5.41. The lowest BCUT2D eigenvalue weighted by Gasteiger charge is -2.10. The van der Waals surface area contributed by atoms with Gasteiger partial charge in [0.15, 0.2) is 0 Å². The number of aliphatic hydroxyl groups excluding tert-OH is 2. The van der Waals surface area contributed by atoms with Gasteiger partial charge in [0.1, 0.15) is 5.75 Å². The van der Waals surface area contributed by atoms with Crippen molar-refractivity contribution in [3.05, 3.63) is 28.8 Å². The van der Waals surface area contributed by atoms with Crippen molar-refractivity contribution in [3.8, 4) is 5.75 Å². The van der Waals surface area contributed by atoms with Crippen molar-refractivity contribution in [1.29, 1.82) is 0 Å². The normalized spacial score (nSPS) is 10.2. The Kier molecular flexibility index (Phi) is 3.28. The fraction of sp³-hybridized carbons (Fsp3) is 0.400. The van der Waals surface area contributed by atoms with Crippen LogP contribution < -0.4 is 4.74 Å². The summed E-state index contributed by atoms with van der Waals surface area (Å²) < 4.78 is 5.04. The second-order valence-corrected chi connectivity index (χ2v) is 2.90. The zero-order valence-corrected chi connectivity index (χ0v) is 7.87. The minimum atomic E-state index is -0.0755. The van der Waals surface area contributed by atoms with Gasteiger partial charge in [-0.3, -0.25) is 0 Å². The molecule has 0 aliphatic rings. The lowest BCUT2D eigenvalue weighted by atomic mass is 10.0. The topological polar surface area (TPSA) is 49.7 Å². The van der Waals surface area contributed by atoms with Crippen LogP contribution in [-0.2, 0) is 13.2 Å². The van der Waals surface area contributed by atoms with Gasteiger partial charge in [-0.05, 0) is 35.7 Å². The summed E-state index contributed by atoms with van der Waals surface area (Å²) in [5.41, 5.74) is 2.44. The summed E-state index contributed by atoms with van der Waals surface area (Å²) in [6.45, 7) is 1.76. The molecule has 2 N–H and O–H groups in total. The van der Waals surface area contributed by atoms with Gasteiger partial charge >= 0.3 is 0 Å². The molecule has 3 nitrogen and oxygen atoms in total. The van der Waals surface area contributed by atoms with Crippen LogP contribution in [0.1, 0.15) is 16.7 Å². The van der Waals surface area contributed by atoms with E-state index in [1.54, 1.807) is 13.2 Å². The molecule has 0 amide bonds. The van der Waals surface area contributed by atoms with E-state index in [4.69, 9.17) is 14.9 Å². The maximum absolute atomic E-state index is 9.04. The first-order valence-electron chi connectivity index (χ1n) is 4.11. The SMILES string of the molecule is COc1cc(C)c(CO)c(CO)c1. The van der Waals surface area contributed by atoms with E-state index in [1.165, 1.54) is 0 Å². The third kappa shape index (κ3) is 1.99. The van der Waals surface area contributed by atoms with E-state index in [0.29, 0.717) is 5.75 Å². The molecule has 0 saturated heterocycles. The van der Waals surface area contributed by atoms with E-state index in [-0.39, 0.29) is 13.2 Å². The first kappa shape index (κ1) is 10.0. The number of aliphatic hydroxyl groups is 2. The van der Waals surface area contributed by atoms with E-state index < -0.39 is 0 Å². The molecule has 0 unspecified atom stereocenters. The summed E-state index contributed by atoms with van der Waals surface area (Å²) in [5, 5.41) is 18.1. The molecule has 0 bridgehead atoms. The van der Waals surface area contributed by atoms with Gasteiger partial charge < -0.3 is 14.9 Å². The zero-order valence-electron chi connectivity index (χ0n) is 7.87. The van der Waals surface area contributed by atoms with Crippen LogP contribution in [0.25, 0.3) is 0 Å². The summed E-state index contributed by atoms with van der Waals surface area (Å²) in [5.74, 6) is 0.707. The Morgan fingerprint density at radius 2 is 1.92 bits per heavy atom. The molecule has 0 aromatic heterocycles. The van der Waals surface area contributed by atoms with Crippen LogP contribution in [0.3, 0.4) is 0 Å². The Labute approximate surface area is 77.6 Å². The first-order valence-corrected chi connectivity index (χ1v) is 4.11. The number of aryl methyl sites for hydroxylation is 1. The van der Waals surface area contributed by atoms with Gasteiger partial charge in [0.2, 0.25) is 0 Å². The maximum atomic E-state index is 9.04. The smallest absolute Gasteiger partial charge is 0.119 e. The summed E-state index contributed by atoms with van der Waals surface area (Å²) in [4.78, 5) is 0. The molecule has 3 heteroatoms. The molecule has 0 saturated carbocycles. The van der Waals surface area contributed by atoms with Gasteiger partial charge in [-0.1, -0.05) is 0 Å². The van der Waals surface area contributed by atoms with Crippen molar-refractivity contribution in [3.63, 3.8) is 0 Å². The van der Waals surface area contributed by atoms with Crippen LogP contribution in [0.2, 0.25) is 0 Å². The molecule has 13 heavy (non-hydrogen) atoms. The molecule has 1 aromatic rings. The van der Waals surface area contributed by atoms with Crippen LogP contribution in [0.4, 0.5) is 0 Å². The number of hydrogen-bond acceptors (Lipinski definition) is 3. The van der Waals surface area contributed by atoms with Gasteiger partial charge in [-0.2, -0.15) is 0 Å². The summed E-state index contributed by atoms with van der Waals surface area (Å²) >= 11 is 0. The molecule has 0 atom stereocenters. The summed E-state index contributed by atoms with van der Waals surface area (Å²) in [6, 6.07) is 3.57. The largest absolute Gasteiger partial charge is 0.497 e. The molecule has 0 radical (unpaired) electrons. The fourth-order valence-corrected chi connectivity index (χ4v) is 1.34. The second-order valence-electron chi connectivity index (χ2n) is 2.90. The number of ether oxygens (including phenoxy) is 1. The summed E-state index contributed by atoms with van der Waals surface area (Å²) in [6.07, 6.45) is 0. The van der Waals surface area contributed by atoms with Crippen LogP contribution in [-0.4, -0.2) is 17.3 Å². The predicted molar refractivity (Wildman–Crippen MR) is 49.6 cm³/mol. The minimum Gasteiger partial charge on any atom is -0.497 e. The van der Waals surface area contributed by atoms with Crippen molar-refractivity contribution in [1.82, 2.24) is 0 Å². The molecule has 0 aliphatic carbocycles. The van der Waals surface area contributed by atoms with Crippen molar-refractivity contribution < 1.29 is 14.9 Å². The Morgan fingerprint density at radius 3 is 2.38 bits per heavy atom. The Balaban J connectivity index is 3.20. The highest BCUT2D eigenvalue weighted by Gasteiger charge is 2.06. The molecular weight excluding hydrogens is 168 g/mol. The average molecular weight is 182 g/mol. The lowest BCUT2D eigenvalue weighted by Crippen LogP contribution is -1.98. The number of benzene rings is 1. The predicted octanol–water partition coefficient (Wildman–Crippen LogP) is 0.988. The van der Waals surface area contributed by atoms with Crippen molar-refractivity contribution in [2.24, 2.45) is 0 Å². The van der Waals surface area contributed by atoms with Gasteiger partial charge in [-0.15, -0.1) is 0 Å². The number of rotatable bonds is 3. The first-order chi connectivity index (χ1) is 6.22. The van der Waals surface area contributed by atoms with E-state index in [1.807, 2.05) is 13.0 Å². The fourth-order valence-electron chi connectivity index (χ4n) is 1.34. The van der Waals surface area contributed by atoms with Gasteiger partial charge in [0.25, 0.3) is 0 Å². The Morgan fingerprint density at radius 1 is 1.23 bits per heavy atom. The molecule has 0 heterocycles. The monoisotopic (exact) mass is 182 g/mol. The standard InChI is InChI=1S/C10H14O3/c1-7-3-9(13-2)4-8(5-11)10(7)6-12/h3-4,11-12H,5-6H2,1-2H3. The van der Waals surface area contributed by atoms with Crippen LogP contribution in [0.15, 0.2) is 12.1 Å². The molecule has 0 fully saturated rings. The van der Waals surface area contributed by atoms with Gasteiger partial charge in [0.05, 0.1) is 20.3 Å².